The Morgan fingerprint density at radius 3 is 2.81 bits per heavy atom. The first-order valence-electron chi connectivity index (χ1n) is 8.18. The fourth-order valence-corrected chi connectivity index (χ4v) is 2.60. The quantitative estimate of drug-likeness (QED) is 0.526. The van der Waals surface area contributed by atoms with Gasteiger partial charge >= 0.3 is 0 Å². The topological polar surface area (TPSA) is 68.3 Å². The Bertz CT molecular complexity index is 1060. The van der Waals surface area contributed by atoms with Crippen LogP contribution in [-0.2, 0) is 4.79 Å². The monoisotopic (exact) mass is 344 g/mol. The molecule has 0 unspecified atom stereocenters. The van der Waals surface area contributed by atoms with E-state index in [-0.39, 0.29) is 5.91 Å². The molecule has 26 heavy (non-hydrogen) atoms. The van der Waals surface area contributed by atoms with Crippen molar-refractivity contribution in [3.05, 3.63) is 78.3 Å². The van der Waals surface area contributed by atoms with Crippen molar-refractivity contribution in [2.45, 2.75) is 6.92 Å². The lowest BCUT2D eigenvalue weighted by Gasteiger charge is -2.07. The molecule has 0 saturated heterocycles. The predicted octanol–water partition coefficient (Wildman–Crippen LogP) is 5.05. The van der Waals surface area contributed by atoms with Crippen LogP contribution in [0.4, 0.5) is 5.69 Å². The van der Waals surface area contributed by atoms with Crippen LogP contribution >= 0.6 is 0 Å². The summed E-state index contributed by atoms with van der Waals surface area (Å²) in [5, 5.41) is 2.88. The number of furan rings is 1. The molecule has 0 aliphatic heterocycles. The number of hydrogen-bond donors (Lipinski definition) is 1. The number of amides is 1. The molecule has 1 N–H and O–H groups in total. The van der Waals surface area contributed by atoms with Crippen molar-refractivity contribution in [1.82, 2.24) is 4.98 Å². The number of nitrogens with one attached hydrogen (secondary N) is 1. The Balaban J connectivity index is 1.58. The molecule has 2 aromatic carbocycles. The standard InChI is InChI=1S/C21H16N2O3/c1-14-8-9-15(21-23-17-6-2-3-7-19(17)26-21)13-18(14)22-20(24)11-10-16-5-4-12-25-16/h2-13H,1H3,(H,22,24). The lowest BCUT2D eigenvalue weighted by molar-refractivity contribution is -0.111. The van der Waals surface area contributed by atoms with Crippen LogP contribution in [0.5, 0.6) is 0 Å². The van der Waals surface area contributed by atoms with Gasteiger partial charge in [0.25, 0.3) is 0 Å². The van der Waals surface area contributed by atoms with E-state index in [9.17, 15) is 4.79 Å². The highest BCUT2D eigenvalue weighted by Crippen LogP contribution is 2.27. The number of hydrogen-bond acceptors (Lipinski definition) is 4. The van der Waals surface area contributed by atoms with Crippen molar-refractivity contribution in [2.24, 2.45) is 0 Å². The molecule has 128 valence electrons. The molecule has 5 heteroatoms. The van der Waals surface area contributed by atoms with Gasteiger partial charge in [-0.25, -0.2) is 4.98 Å². The first kappa shape index (κ1) is 15.9. The van der Waals surface area contributed by atoms with Gasteiger partial charge in [0.1, 0.15) is 11.3 Å². The zero-order valence-corrected chi connectivity index (χ0v) is 14.1. The Morgan fingerprint density at radius 1 is 1.12 bits per heavy atom. The number of oxazole rings is 1. The summed E-state index contributed by atoms with van der Waals surface area (Å²) in [6.07, 6.45) is 4.62. The zero-order chi connectivity index (χ0) is 17.9. The number of aryl methyl sites for hydroxylation is 1. The molecular formula is C21H16N2O3. The van der Waals surface area contributed by atoms with Crippen molar-refractivity contribution in [3.63, 3.8) is 0 Å². The second-order valence-electron chi connectivity index (χ2n) is 5.85. The molecule has 0 fully saturated rings. The molecule has 0 radical (unpaired) electrons. The van der Waals surface area contributed by atoms with Gasteiger partial charge in [-0.15, -0.1) is 0 Å². The zero-order valence-electron chi connectivity index (χ0n) is 14.1. The number of fused-ring (bicyclic) bond motifs is 1. The van der Waals surface area contributed by atoms with E-state index in [1.165, 1.54) is 6.08 Å². The number of nitrogens with zero attached hydrogens (tertiary/aromatic N) is 1. The third-order valence-corrected chi connectivity index (χ3v) is 3.98. The van der Waals surface area contributed by atoms with E-state index in [0.717, 1.165) is 22.2 Å². The van der Waals surface area contributed by atoms with Crippen molar-refractivity contribution in [1.29, 1.82) is 0 Å². The van der Waals surface area contributed by atoms with Crippen LogP contribution in [0.15, 0.2) is 75.8 Å². The highest BCUT2D eigenvalue weighted by atomic mass is 16.3. The first-order chi connectivity index (χ1) is 12.7. The Kier molecular flexibility index (Phi) is 4.11. The molecule has 0 aliphatic rings. The second-order valence-corrected chi connectivity index (χ2v) is 5.85. The average Bonchev–Trinajstić information content (AvgIpc) is 3.31. The Labute approximate surface area is 150 Å². The molecular weight excluding hydrogens is 328 g/mol. The third-order valence-electron chi connectivity index (χ3n) is 3.98. The van der Waals surface area contributed by atoms with Gasteiger partial charge in [-0.3, -0.25) is 4.79 Å². The van der Waals surface area contributed by atoms with Crippen LogP contribution in [-0.4, -0.2) is 10.9 Å². The minimum Gasteiger partial charge on any atom is -0.465 e. The van der Waals surface area contributed by atoms with Crippen molar-refractivity contribution in [3.8, 4) is 11.5 Å². The molecule has 0 aliphatic carbocycles. The SMILES string of the molecule is Cc1ccc(-c2nc3ccccc3o2)cc1NC(=O)C=Cc1ccco1. The molecule has 0 atom stereocenters. The van der Waals surface area contributed by atoms with Crippen molar-refractivity contribution < 1.29 is 13.6 Å². The van der Waals surface area contributed by atoms with Crippen LogP contribution in [0.25, 0.3) is 28.6 Å². The van der Waals surface area contributed by atoms with E-state index in [0.29, 0.717) is 17.3 Å². The van der Waals surface area contributed by atoms with Gasteiger partial charge in [0, 0.05) is 17.3 Å². The minimum atomic E-state index is -0.237. The predicted molar refractivity (Wildman–Crippen MR) is 101 cm³/mol. The molecule has 0 bridgehead atoms. The first-order valence-corrected chi connectivity index (χ1v) is 8.18. The van der Waals surface area contributed by atoms with Gasteiger partial charge in [-0.05, 0) is 55.0 Å². The van der Waals surface area contributed by atoms with E-state index in [2.05, 4.69) is 10.3 Å². The van der Waals surface area contributed by atoms with E-state index >= 15 is 0 Å². The fourth-order valence-electron chi connectivity index (χ4n) is 2.60. The van der Waals surface area contributed by atoms with E-state index in [1.54, 1.807) is 24.5 Å². The number of anilines is 1. The summed E-state index contributed by atoms with van der Waals surface area (Å²) < 4.78 is 11.0. The van der Waals surface area contributed by atoms with Gasteiger partial charge in [-0.1, -0.05) is 18.2 Å². The average molecular weight is 344 g/mol. The summed E-state index contributed by atoms with van der Waals surface area (Å²) >= 11 is 0. The van der Waals surface area contributed by atoms with E-state index in [1.807, 2.05) is 49.4 Å². The molecule has 0 spiro atoms. The summed E-state index contributed by atoms with van der Waals surface area (Å²) in [7, 11) is 0. The molecule has 5 nitrogen and oxygen atoms in total. The lowest BCUT2D eigenvalue weighted by atomic mass is 10.1. The smallest absolute Gasteiger partial charge is 0.248 e. The van der Waals surface area contributed by atoms with Crippen molar-refractivity contribution in [2.75, 3.05) is 5.32 Å². The highest BCUT2D eigenvalue weighted by molar-refractivity contribution is 6.02. The van der Waals surface area contributed by atoms with Crippen LogP contribution in [0.2, 0.25) is 0 Å². The van der Waals surface area contributed by atoms with E-state index < -0.39 is 0 Å². The molecule has 1 amide bonds. The minimum absolute atomic E-state index is 0.237. The molecule has 4 aromatic rings. The van der Waals surface area contributed by atoms with Gasteiger partial charge in [0.05, 0.1) is 6.26 Å². The van der Waals surface area contributed by atoms with Crippen LogP contribution in [0.1, 0.15) is 11.3 Å². The normalized spacial score (nSPS) is 11.3. The largest absolute Gasteiger partial charge is 0.465 e. The summed E-state index contributed by atoms with van der Waals surface area (Å²) in [5.41, 5.74) is 3.99. The highest BCUT2D eigenvalue weighted by Gasteiger charge is 2.10. The molecule has 2 aromatic heterocycles. The number of para-hydroxylation sites is 2. The van der Waals surface area contributed by atoms with Gasteiger partial charge < -0.3 is 14.2 Å². The molecule has 0 saturated carbocycles. The van der Waals surface area contributed by atoms with Gasteiger partial charge in [-0.2, -0.15) is 0 Å². The molecule has 4 rings (SSSR count). The second kappa shape index (κ2) is 6.72. The maximum Gasteiger partial charge on any atom is 0.248 e. The fraction of sp³-hybridized carbons (Fsp3) is 0.0476. The number of benzene rings is 2. The van der Waals surface area contributed by atoms with Gasteiger partial charge in [0.15, 0.2) is 5.58 Å². The third kappa shape index (κ3) is 3.28. The summed E-state index contributed by atoms with van der Waals surface area (Å²) in [5.74, 6) is 0.907. The number of aromatic nitrogens is 1. The van der Waals surface area contributed by atoms with Gasteiger partial charge in [0.2, 0.25) is 11.8 Å². The lowest BCUT2D eigenvalue weighted by Crippen LogP contribution is -2.09. The Morgan fingerprint density at radius 2 is 2.00 bits per heavy atom. The summed E-state index contributed by atoms with van der Waals surface area (Å²) in [4.78, 5) is 16.7. The number of carbonyl (C=O) groups excluding carboxylic acids is 1. The maximum absolute atomic E-state index is 12.2. The van der Waals surface area contributed by atoms with Crippen LogP contribution < -0.4 is 5.32 Å². The summed E-state index contributed by atoms with van der Waals surface area (Å²) in [6.45, 7) is 1.93. The maximum atomic E-state index is 12.2. The molecule has 2 heterocycles. The Hall–Kier alpha value is -3.60. The summed E-state index contributed by atoms with van der Waals surface area (Å²) in [6, 6.07) is 16.9. The van der Waals surface area contributed by atoms with Crippen molar-refractivity contribution >= 4 is 28.8 Å². The number of rotatable bonds is 4. The van der Waals surface area contributed by atoms with Crippen LogP contribution in [0.3, 0.4) is 0 Å². The van der Waals surface area contributed by atoms with E-state index in [4.69, 9.17) is 8.83 Å². The number of carbonyl (C=O) groups is 1. The van der Waals surface area contributed by atoms with Crippen LogP contribution in [0, 0.1) is 6.92 Å².